The van der Waals surface area contributed by atoms with Crippen molar-refractivity contribution in [2.24, 2.45) is 0 Å². The van der Waals surface area contributed by atoms with Crippen molar-refractivity contribution < 1.29 is 13.2 Å². The number of halogens is 1. The fourth-order valence-electron chi connectivity index (χ4n) is 2.78. The van der Waals surface area contributed by atoms with Crippen LogP contribution >= 0.6 is 11.6 Å². The Balaban J connectivity index is 1.76. The first-order valence-electron chi connectivity index (χ1n) is 8.14. The number of amides is 1. The number of aromatic nitrogens is 1. The van der Waals surface area contributed by atoms with E-state index in [9.17, 15) is 13.2 Å². The van der Waals surface area contributed by atoms with Gasteiger partial charge in [-0.05, 0) is 43.5 Å². The lowest BCUT2D eigenvalue weighted by Crippen LogP contribution is -2.35. The van der Waals surface area contributed by atoms with Gasteiger partial charge in [-0.2, -0.15) is 4.31 Å². The van der Waals surface area contributed by atoms with E-state index in [1.807, 2.05) is 6.92 Å². The van der Waals surface area contributed by atoms with Gasteiger partial charge in [0.05, 0.1) is 0 Å². The molecule has 2 heterocycles. The van der Waals surface area contributed by atoms with Gasteiger partial charge in [0.2, 0.25) is 10.0 Å². The molecule has 1 aliphatic heterocycles. The summed E-state index contributed by atoms with van der Waals surface area (Å²) in [5, 5.41) is 3.26. The minimum Gasteiger partial charge on any atom is -0.356 e. The van der Waals surface area contributed by atoms with Crippen LogP contribution in [0.25, 0.3) is 0 Å². The molecule has 0 radical (unpaired) electrons. The number of benzene rings is 1. The Kier molecular flexibility index (Phi) is 5.17. The maximum Gasteiger partial charge on any atom is 0.272 e. The van der Waals surface area contributed by atoms with E-state index in [-0.39, 0.29) is 10.6 Å². The zero-order valence-electron chi connectivity index (χ0n) is 13.9. The van der Waals surface area contributed by atoms with Gasteiger partial charge >= 0.3 is 0 Å². The summed E-state index contributed by atoms with van der Waals surface area (Å²) in [6.45, 7) is 2.92. The van der Waals surface area contributed by atoms with Gasteiger partial charge < -0.3 is 10.3 Å². The highest BCUT2D eigenvalue weighted by molar-refractivity contribution is 7.89. The van der Waals surface area contributed by atoms with Gasteiger partial charge in [-0.15, -0.1) is 0 Å². The Morgan fingerprint density at radius 3 is 2.60 bits per heavy atom. The number of carbonyl (C=O) groups is 1. The molecule has 1 fully saturated rings. The molecule has 0 aliphatic carbocycles. The Hall–Kier alpha value is -1.83. The highest BCUT2D eigenvalue weighted by Gasteiger charge is 2.27. The van der Waals surface area contributed by atoms with Crippen LogP contribution in [0.2, 0.25) is 5.02 Å². The number of hydrogen-bond acceptors (Lipinski definition) is 3. The summed E-state index contributed by atoms with van der Waals surface area (Å²) in [5.74, 6) is -0.417. The Labute approximate surface area is 152 Å². The van der Waals surface area contributed by atoms with Gasteiger partial charge in [0.15, 0.2) is 0 Å². The first-order chi connectivity index (χ1) is 11.9. The van der Waals surface area contributed by atoms with Crippen molar-refractivity contribution in [1.82, 2.24) is 9.29 Å². The van der Waals surface area contributed by atoms with E-state index in [1.54, 1.807) is 18.2 Å². The summed E-state index contributed by atoms with van der Waals surface area (Å²) in [7, 11) is -3.56. The number of aryl methyl sites for hydroxylation is 1. The lowest BCUT2D eigenvalue weighted by molar-refractivity contribution is 0.102. The van der Waals surface area contributed by atoms with Crippen molar-refractivity contribution in [3.63, 3.8) is 0 Å². The minimum absolute atomic E-state index is 0.112. The average Bonchev–Trinajstić information content (AvgIpc) is 3.10. The second-order valence-electron chi connectivity index (χ2n) is 6.13. The van der Waals surface area contributed by atoms with E-state index in [2.05, 4.69) is 10.3 Å². The van der Waals surface area contributed by atoms with Gasteiger partial charge in [0.25, 0.3) is 5.91 Å². The van der Waals surface area contributed by atoms with Crippen LogP contribution in [-0.2, 0) is 10.0 Å². The highest BCUT2D eigenvalue weighted by Crippen LogP contribution is 2.23. The Morgan fingerprint density at radius 1 is 1.20 bits per heavy atom. The van der Waals surface area contributed by atoms with E-state index in [4.69, 9.17) is 11.6 Å². The van der Waals surface area contributed by atoms with Gasteiger partial charge in [0, 0.05) is 30.0 Å². The molecular formula is C17H20ClN3O3S. The number of sulfonamides is 1. The van der Waals surface area contributed by atoms with Gasteiger partial charge in [-0.3, -0.25) is 4.79 Å². The monoisotopic (exact) mass is 381 g/mol. The number of nitrogens with one attached hydrogen (secondary N) is 2. The molecule has 2 N–H and O–H groups in total. The van der Waals surface area contributed by atoms with Gasteiger partial charge in [0.1, 0.15) is 10.6 Å². The normalized spacial score (nSPS) is 15.9. The molecule has 1 saturated heterocycles. The molecule has 25 heavy (non-hydrogen) atoms. The van der Waals surface area contributed by atoms with Gasteiger partial charge in [-0.25, -0.2) is 8.42 Å². The van der Waals surface area contributed by atoms with Crippen LogP contribution < -0.4 is 5.32 Å². The van der Waals surface area contributed by atoms with Crippen LogP contribution in [0.4, 0.5) is 5.69 Å². The number of rotatable bonds is 4. The van der Waals surface area contributed by atoms with Crippen LogP contribution in [0.15, 0.2) is 35.4 Å². The number of anilines is 1. The molecule has 1 aromatic carbocycles. The second kappa shape index (κ2) is 7.19. The number of carbonyl (C=O) groups excluding carboxylic acids is 1. The second-order valence-corrected chi connectivity index (χ2v) is 8.48. The molecule has 134 valence electrons. The summed E-state index contributed by atoms with van der Waals surface area (Å²) < 4.78 is 26.7. The highest BCUT2D eigenvalue weighted by atomic mass is 35.5. The zero-order valence-corrected chi connectivity index (χ0v) is 15.5. The standard InChI is InChI=1S/C17H20ClN3O3S/c1-12-5-6-13(9-15(12)18)20-17(22)16-10-14(11-19-16)25(23,24)21-7-3-2-4-8-21/h5-6,9-11,19H,2-4,7-8H2,1H3,(H,20,22). The number of hydrogen-bond donors (Lipinski definition) is 2. The molecule has 0 spiro atoms. The molecule has 0 atom stereocenters. The van der Waals surface area contributed by atoms with E-state index in [1.165, 1.54) is 16.6 Å². The van der Waals surface area contributed by atoms with Crippen molar-refractivity contribution in [3.8, 4) is 0 Å². The van der Waals surface area contributed by atoms with Crippen molar-refractivity contribution >= 4 is 33.2 Å². The number of H-pyrrole nitrogens is 1. The quantitative estimate of drug-likeness (QED) is 0.851. The van der Waals surface area contributed by atoms with Crippen LogP contribution in [0.5, 0.6) is 0 Å². The minimum atomic E-state index is -3.56. The molecule has 2 aromatic rings. The molecule has 8 heteroatoms. The lowest BCUT2D eigenvalue weighted by Gasteiger charge is -2.25. The number of nitrogens with zero attached hydrogens (tertiary/aromatic N) is 1. The first kappa shape index (κ1) is 18.0. The predicted octanol–water partition coefficient (Wildman–Crippen LogP) is 3.40. The molecule has 3 rings (SSSR count). The van der Waals surface area contributed by atoms with Crippen LogP contribution in [-0.4, -0.2) is 36.7 Å². The zero-order chi connectivity index (χ0) is 18.0. The molecule has 1 aliphatic rings. The van der Waals surface area contributed by atoms with Crippen molar-refractivity contribution in [1.29, 1.82) is 0 Å². The molecule has 1 aromatic heterocycles. The summed E-state index contributed by atoms with van der Waals surface area (Å²) in [4.78, 5) is 15.2. The average molecular weight is 382 g/mol. The maximum absolute atomic E-state index is 12.6. The number of piperidine rings is 1. The third-order valence-electron chi connectivity index (χ3n) is 4.28. The SMILES string of the molecule is Cc1ccc(NC(=O)c2cc(S(=O)(=O)N3CCCCC3)c[nH]2)cc1Cl. The molecule has 0 saturated carbocycles. The fraction of sp³-hybridized carbons (Fsp3) is 0.353. The van der Waals surface area contributed by atoms with Crippen LogP contribution in [0, 0.1) is 6.92 Å². The summed E-state index contributed by atoms with van der Waals surface area (Å²) in [6.07, 6.45) is 4.14. The van der Waals surface area contributed by atoms with E-state index in [0.717, 1.165) is 24.8 Å². The topological polar surface area (TPSA) is 82.3 Å². The largest absolute Gasteiger partial charge is 0.356 e. The van der Waals surface area contributed by atoms with E-state index >= 15 is 0 Å². The van der Waals surface area contributed by atoms with Gasteiger partial charge in [-0.1, -0.05) is 24.1 Å². The molecule has 0 bridgehead atoms. The maximum atomic E-state index is 12.6. The van der Waals surface area contributed by atoms with E-state index < -0.39 is 15.9 Å². The Morgan fingerprint density at radius 2 is 1.92 bits per heavy atom. The third kappa shape index (κ3) is 3.89. The summed E-state index contributed by atoms with van der Waals surface area (Å²) in [5.41, 5.74) is 1.65. The molecular weight excluding hydrogens is 362 g/mol. The first-order valence-corrected chi connectivity index (χ1v) is 9.96. The van der Waals surface area contributed by atoms with Crippen molar-refractivity contribution in [2.75, 3.05) is 18.4 Å². The van der Waals surface area contributed by atoms with Crippen LogP contribution in [0.3, 0.4) is 0 Å². The molecule has 0 unspecified atom stereocenters. The predicted molar refractivity (Wildman–Crippen MR) is 97.5 cm³/mol. The Bertz CT molecular complexity index is 886. The summed E-state index contributed by atoms with van der Waals surface area (Å²) >= 11 is 6.05. The summed E-state index contributed by atoms with van der Waals surface area (Å²) in [6, 6.07) is 6.57. The number of aromatic amines is 1. The smallest absolute Gasteiger partial charge is 0.272 e. The lowest BCUT2D eigenvalue weighted by atomic mass is 10.2. The fourth-order valence-corrected chi connectivity index (χ4v) is 4.47. The third-order valence-corrected chi connectivity index (χ3v) is 6.57. The van der Waals surface area contributed by atoms with Crippen molar-refractivity contribution in [2.45, 2.75) is 31.1 Å². The molecule has 1 amide bonds. The van der Waals surface area contributed by atoms with Crippen molar-refractivity contribution in [3.05, 3.63) is 46.7 Å². The molecule has 6 nitrogen and oxygen atoms in total. The van der Waals surface area contributed by atoms with E-state index in [0.29, 0.717) is 23.8 Å². The van der Waals surface area contributed by atoms with Crippen LogP contribution in [0.1, 0.15) is 35.3 Å².